The summed E-state index contributed by atoms with van der Waals surface area (Å²) in [4.78, 5) is 28.6. The molecule has 186 valence electrons. The molecule has 3 amide bonds. The van der Waals surface area contributed by atoms with Crippen LogP contribution in [0, 0.1) is 22.7 Å². The molecule has 3 rings (SSSR count). The van der Waals surface area contributed by atoms with Gasteiger partial charge in [-0.1, -0.05) is 13.8 Å². The van der Waals surface area contributed by atoms with Crippen molar-refractivity contribution in [3.8, 4) is 6.07 Å². The number of hydrogen-bond acceptors (Lipinski definition) is 4. The van der Waals surface area contributed by atoms with Crippen LogP contribution in [0.25, 0.3) is 0 Å². The minimum absolute atomic E-state index is 0.102. The largest absolute Gasteiger partial charge is 0.417 e. The van der Waals surface area contributed by atoms with E-state index in [1.165, 1.54) is 13.1 Å². The molecule has 7 nitrogen and oxygen atoms in total. The summed E-state index contributed by atoms with van der Waals surface area (Å²) in [6.07, 6.45) is -1.95. The number of piperidine rings is 1. The number of nitrogens with one attached hydrogen (secondary N) is 2. The first-order valence-electron chi connectivity index (χ1n) is 11.6. The number of nitriles is 1. The van der Waals surface area contributed by atoms with Crippen molar-refractivity contribution in [2.45, 2.75) is 51.7 Å². The molecule has 2 aliphatic rings. The van der Waals surface area contributed by atoms with Gasteiger partial charge in [0.05, 0.1) is 17.2 Å². The molecular formula is C24H32F3N5O2. The third-order valence-electron chi connectivity index (χ3n) is 6.93. The zero-order valence-electron chi connectivity index (χ0n) is 19.8. The van der Waals surface area contributed by atoms with Crippen LogP contribution in [0.4, 0.5) is 23.7 Å². The van der Waals surface area contributed by atoms with E-state index in [2.05, 4.69) is 24.5 Å². The van der Waals surface area contributed by atoms with Gasteiger partial charge in [-0.2, -0.15) is 18.4 Å². The molecular weight excluding hydrogens is 447 g/mol. The number of benzene rings is 1. The van der Waals surface area contributed by atoms with Crippen molar-refractivity contribution in [1.29, 1.82) is 5.26 Å². The molecule has 34 heavy (non-hydrogen) atoms. The van der Waals surface area contributed by atoms with Crippen LogP contribution in [-0.2, 0) is 11.0 Å². The van der Waals surface area contributed by atoms with Gasteiger partial charge >= 0.3 is 12.2 Å². The molecule has 2 N–H and O–H groups in total. The average Bonchev–Trinajstić information content (AvgIpc) is 3.16. The summed E-state index contributed by atoms with van der Waals surface area (Å²) in [6, 6.07) is 4.47. The Balaban J connectivity index is 1.77. The van der Waals surface area contributed by atoms with Crippen LogP contribution >= 0.6 is 0 Å². The van der Waals surface area contributed by atoms with Crippen molar-refractivity contribution in [2.24, 2.45) is 11.3 Å². The fourth-order valence-corrected chi connectivity index (χ4v) is 4.90. The number of likely N-dealkylation sites (N-methyl/N-ethyl adjacent to an activating group) is 1. The molecule has 1 spiro atoms. The lowest BCUT2D eigenvalue weighted by Gasteiger charge is -2.39. The maximum absolute atomic E-state index is 13.5. The molecule has 1 atom stereocenters. The van der Waals surface area contributed by atoms with Gasteiger partial charge in [0.2, 0.25) is 5.91 Å². The second-order valence-electron chi connectivity index (χ2n) is 9.70. The van der Waals surface area contributed by atoms with E-state index < -0.39 is 23.3 Å². The highest BCUT2D eigenvalue weighted by molar-refractivity contribution is 5.86. The van der Waals surface area contributed by atoms with Gasteiger partial charge in [0.1, 0.15) is 6.04 Å². The number of rotatable bonds is 5. The molecule has 0 aromatic heterocycles. The van der Waals surface area contributed by atoms with E-state index in [1.807, 2.05) is 0 Å². The van der Waals surface area contributed by atoms with Crippen LogP contribution in [0.1, 0.15) is 50.7 Å². The Kier molecular flexibility index (Phi) is 7.64. The van der Waals surface area contributed by atoms with Gasteiger partial charge in [-0.25, -0.2) is 4.79 Å². The summed E-state index contributed by atoms with van der Waals surface area (Å²) in [6.45, 7) is 6.28. The minimum Gasteiger partial charge on any atom is -0.359 e. The topological polar surface area (TPSA) is 88.5 Å². The molecule has 2 fully saturated rings. The number of urea groups is 1. The number of amides is 3. The fourth-order valence-electron chi connectivity index (χ4n) is 4.90. The monoisotopic (exact) mass is 479 g/mol. The number of likely N-dealkylation sites (tertiary alicyclic amines) is 1. The maximum atomic E-state index is 13.5. The first kappa shape index (κ1) is 25.7. The smallest absolute Gasteiger partial charge is 0.359 e. The Morgan fingerprint density at radius 3 is 2.50 bits per heavy atom. The first-order chi connectivity index (χ1) is 16.0. The van der Waals surface area contributed by atoms with Crippen LogP contribution in [0.5, 0.6) is 0 Å². The van der Waals surface area contributed by atoms with Crippen LogP contribution in [0.2, 0.25) is 0 Å². The third-order valence-corrected chi connectivity index (χ3v) is 6.93. The summed E-state index contributed by atoms with van der Waals surface area (Å²) < 4.78 is 40.6. The Morgan fingerprint density at radius 2 is 1.94 bits per heavy atom. The molecule has 2 aliphatic heterocycles. The molecule has 1 aromatic rings. The van der Waals surface area contributed by atoms with E-state index in [0.717, 1.165) is 18.6 Å². The highest BCUT2D eigenvalue weighted by Gasteiger charge is 2.48. The second-order valence-corrected chi connectivity index (χ2v) is 9.70. The van der Waals surface area contributed by atoms with Gasteiger partial charge in [-0.15, -0.1) is 0 Å². The SMILES string of the molecule is CNC(=O)C1CC2(CCN(C(=O)NCCC(C)C)CC2)CN1c1ccc(C#N)c(C(F)(F)F)c1. The number of alkyl halides is 3. The van der Waals surface area contributed by atoms with Crippen molar-refractivity contribution in [3.05, 3.63) is 29.3 Å². The lowest BCUT2D eigenvalue weighted by molar-refractivity contribution is -0.137. The standard InChI is InChI=1S/C24H32F3N5O2/c1-16(2)6-9-30-22(34)31-10-7-23(8-11-31)13-20(21(33)29-3)32(15-23)18-5-4-17(14-28)19(12-18)24(25,26)27/h4-5,12,16,20H,6-11,13,15H2,1-3H3,(H,29,33)(H,30,34). The van der Waals surface area contributed by atoms with Crippen molar-refractivity contribution in [1.82, 2.24) is 15.5 Å². The van der Waals surface area contributed by atoms with E-state index in [9.17, 15) is 22.8 Å². The predicted octanol–water partition coefficient (Wildman–Crippen LogP) is 3.74. The van der Waals surface area contributed by atoms with E-state index in [4.69, 9.17) is 5.26 Å². The van der Waals surface area contributed by atoms with E-state index >= 15 is 0 Å². The Bertz CT molecular complexity index is 949. The molecule has 2 heterocycles. The van der Waals surface area contributed by atoms with Crippen molar-refractivity contribution >= 4 is 17.6 Å². The van der Waals surface area contributed by atoms with Gasteiger partial charge in [-0.05, 0) is 55.2 Å². The Hall–Kier alpha value is -2.96. The number of hydrogen-bond donors (Lipinski definition) is 2. The van der Waals surface area contributed by atoms with E-state index in [1.54, 1.807) is 15.9 Å². The van der Waals surface area contributed by atoms with Crippen LogP contribution in [0.15, 0.2) is 18.2 Å². The summed E-state index contributed by atoms with van der Waals surface area (Å²) in [5, 5.41) is 14.7. The summed E-state index contributed by atoms with van der Waals surface area (Å²) >= 11 is 0. The number of nitrogens with zero attached hydrogens (tertiary/aromatic N) is 3. The highest BCUT2D eigenvalue weighted by atomic mass is 19.4. The van der Waals surface area contributed by atoms with Crippen molar-refractivity contribution in [3.63, 3.8) is 0 Å². The van der Waals surface area contributed by atoms with Crippen LogP contribution < -0.4 is 15.5 Å². The number of halogens is 3. The summed E-state index contributed by atoms with van der Waals surface area (Å²) in [5.41, 5.74) is -1.46. The molecule has 1 aromatic carbocycles. The molecule has 0 saturated carbocycles. The van der Waals surface area contributed by atoms with Gasteiger partial charge in [0, 0.05) is 38.9 Å². The van der Waals surface area contributed by atoms with Gasteiger partial charge in [0.15, 0.2) is 0 Å². The van der Waals surface area contributed by atoms with Gasteiger partial charge in [-0.3, -0.25) is 4.79 Å². The quantitative estimate of drug-likeness (QED) is 0.674. The first-order valence-corrected chi connectivity index (χ1v) is 11.6. The maximum Gasteiger partial charge on any atom is 0.417 e. The third kappa shape index (κ3) is 5.57. The molecule has 1 unspecified atom stereocenters. The molecule has 0 radical (unpaired) electrons. The Labute approximate surface area is 198 Å². The zero-order chi connectivity index (χ0) is 25.1. The van der Waals surface area contributed by atoms with E-state index in [-0.39, 0.29) is 23.0 Å². The molecule has 10 heteroatoms. The molecule has 2 saturated heterocycles. The van der Waals surface area contributed by atoms with Gasteiger partial charge in [0.25, 0.3) is 0 Å². The summed E-state index contributed by atoms with van der Waals surface area (Å²) in [7, 11) is 1.51. The predicted molar refractivity (Wildman–Crippen MR) is 122 cm³/mol. The van der Waals surface area contributed by atoms with E-state index in [0.29, 0.717) is 51.4 Å². The lowest BCUT2D eigenvalue weighted by Crippen LogP contribution is -2.48. The lowest BCUT2D eigenvalue weighted by atomic mass is 9.76. The van der Waals surface area contributed by atoms with Crippen LogP contribution in [-0.4, -0.2) is 56.1 Å². The zero-order valence-corrected chi connectivity index (χ0v) is 19.8. The highest BCUT2D eigenvalue weighted by Crippen LogP contribution is 2.46. The average molecular weight is 480 g/mol. The summed E-state index contributed by atoms with van der Waals surface area (Å²) in [5.74, 6) is 0.236. The minimum atomic E-state index is -4.67. The number of carbonyl (C=O) groups is 2. The number of carbonyl (C=O) groups excluding carboxylic acids is 2. The Morgan fingerprint density at radius 1 is 1.26 bits per heavy atom. The normalized spacial score (nSPS) is 19.9. The molecule has 0 bridgehead atoms. The van der Waals surface area contributed by atoms with Gasteiger partial charge < -0.3 is 20.4 Å². The van der Waals surface area contributed by atoms with Crippen LogP contribution in [0.3, 0.4) is 0 Å². The fraction of sp³-hybridized carbons (Fsp3) is 0.625. The number of anilines is 1. The second kappa shape index (κ2) is 10.1. The molecule has 0 aliphatic carbocycles. The van der Waals surface area contributed by atoms with Crippen molar-refractivity contribution < 1.29 is 22.8 Å². The van der Waals surface area contributed by atoms with Crippen molar-refractivity contribution in [2.75, 3.05) is 38.1 Å².